The third-order valence-electron chi connectivity index (χ3n) is 3.57. The van der Waals surface area contributed by atoms with E-state index in [4.69, 9.17) is 11.6 Å². The van der Waals surface area contributed by atoms with Crippen molar-refractivity contribution in [1.29, 1.82) is 0 Å². The van der Waals surface area contributed by atoms with Crippen molar-refractivity contribution in [3.05, 3.63) is 69.5 Å². The molecule has 106 valence electrons. The molecule has 0 amide bonds. The highest BCUT2D eigenvalue weighted by Gasteiger charge is 2.20. The molecule has 0 aromatic heterocycles. The summed E-state index contributed by atoms with van der Waals surface area (Å²) in [4.78, 5) is 0. The second-order valence-electron chi connectivity index (χ2n) is 4.78. The Morgan fingerprint density at radius 3 is 2.50 bits per heavy atom. The van der Waals surface area contributed by atoms with Gasteiger partial charge in [-0.25, -0.2) is 4.39 Å². The first-order valence-electron chi connectivity index (χ1n) is 6.82. The van der Waals surface area contributed by atoms with E-state index in [2.05, 4.69) is 0 Å². The highest BCUT2D eigenvalue weighted by molar-refractivity contribution is 6.31. The minimum Gasteiger partial charge on any atom is -0.383 e. The molecule has 1 atom stereocenters. The molecule has 1 nitrogen and oxygen atoms in total. The van der Waals surface area contributed by atoms with Gasteiger partial charge in [-0.3, -0.25) is 0 Å². The maximum absolute atomic E-state index is 14.0. The third kappa shape index (κ3) is 2.87. The molecule has 0 aliphatic carbocycles. The SMILES string of the molecule is CCc1ccc(CC)c(C(O)c2c(F)cccc2Cl)c1. The van der Waals surface area contributed by atoms with Gasteiger partial charge in [-0.05, 0) is 41.7 Å². The standard InChI is InChI=1S/C17H18ClFO/c1-3-11-8-9-12(4-2)13(10-11)17(20)16-14(18)6-5-7-15(16)19/h5-10,17,20H,3-4H2,1-2H3. The zero-order valence-corrected chi connectivity index (χ0v) is 12.4. The van der Waals surface area contributed by atoms with Crippen LogP contribution >= 0.6 is 11.6 Å². The van der Waals surface area contributed by atoms with E-state index >= 15 is 0 Å². The number of hydrogen-bond acceptors (Lipinski definition) is 1. The van der Waals surface area contributed by atoms with Crippen LogP contribution < -0.4 is 0 Å². The molecule has 2 aromatic rings. The summed E-state index contributed by atoms with van der Waals surface area (Å²) in [6.45, 7) is 4.06. The summed E-state index contributed by atoms with van der Waals surface area (Å²) < 4.78 is 14.0. The van der Waals surface area contributed by atoms with Crippen molar-refractivity contribution in [1.82, 2.24) is 0 Å². The average Bonchev–Trinajstić information content (AvgIpc) is 2.46. The van der Waals surface area contributed by atoms with Crippen LogP contribution in [0.15, 0.2) is 36.4 Å². The largest absolute Gasteiger partial charge is 0.383 e. The summed E-state index contributed by atoms with van der Waals surface area (Å²) in [6.07, 6.45) is 0.613. The van der Waals surface area contributed by atoms with Crippen LogP contribution in [-0.4, -0.2) is 5.11 Å². The van der Waals surface area contributed by atoms with Gasteiger partial charge in [0, 0.05) is 10.6 Å². The second kappa shape index (κ2) is 6.38. The lowest BCUT2D eigenvalue weighted by atomic mass is 9.93. The Bertz CT molecular complexity index is 590. The Kier molecular flexibility index (Phi) is 4.79. The van der Waals surface area contributed by atoms with Crippen molar-refractivity contribution < 1.29 is 9.50 Å². The highest BCUT2D eigenvalue weighted by Crippen LogP contribution is 2.33. The normalized spacial score (nSPS) is 12.4. The van der Waals surface area contributed by atoms with Gasteiger partial charge in [-0.1, -0.05) is 49.7 Å². The maximum Gasteiger partial charge on any atom is 0.130 e. The Morgan fingerprint density at radius 1 is 1.15 bits per heavy atom. The predicted octanol–water partition coefficient (Wildman–Crippen LogP) is 4.69. The lowest BCUT2D eigenvalue weighted by Crippen LogP contribution is -2.07. The molecular weight excluding hydrogens is 275 g/mol. The lowest BCUT2D eigenvalue weighted by molar-refractivity contribution is 0.214. The summed E-state index contributed by atoms with van der Waals surface area (Å²) in [5.74, 6) is -0.478. The minimum atomic E-state index is -1.04. The van der Waals surface area contributed by atoms with E-state index in [0.29, 0.717) is 0 Å². The number of hydrogen-bond donors (Lipinski definition) is 1. The molecular formula is C17H18ClFO. The van der Waals surface area contributed by atoms with Gasteiger partial charge < -0.3 is 5.11 Å². The van der Waals surface area contributed by atoms with Gasteiger partial charge >= 0.3 is 0 Å². The smallest absolute Gasteiger partial charge is 0.130 e. The summed E-state index contributed by atoms with van der Waals surface area (Å²) in [7, 11) is 0. The molecule has 0 bridgehead atoms. The number of aliphatic hydroxyl groups excluding tert-OH is 1. The van der Waals surface area contributed by atoms with E-state index in [1.807, 2.05) is 32.0 Å². The zero-order chi connectivity index (χ0) is 14.7. The van der Waals surface area contributed by atoms with E-state index in [0.717, 1.165) is 29.5 Å². The average molecular weight is 293 g/mol. The van der Waals surface area contributed by atoms with Crippen molar-refractivity contribution in [3.8, 4) is 0 Å². The molecule has 2 rings (SSSR count). The molecule has 0 radical (unpaired) electrons. The molecule has 20 heavy (non-hydrogen) atoms. The number of aliphatic hydroxyl groups is 1. The number of aryl methyl sites for hydroxylation is 2. The zero-order valence-electron chi connectivity index (χ0n) is 11.7. The van der Waals surface area contributed by atoms with Gasteiger partial charge in [-0.2, -0.15) is 0 Å². The first kappa shape index (κ1) is 15.0. The van der Waals surface area contributed by atoms with Crippen molar-refractivity contribution >= 4 is 11.6 Å². The van der Waals surface area contributed by atoms with Crippen LogP contribution in [0.4, 0.5) is 4.39 Å². The van der Waals surface area contributed by atoms with Gasteiger partial charge in [0.15, 0.2) is 0 Å². The fourth-order valence-electron chi connectivity index (χ4n) is 2.37. The number of rotatable bonds is 4. The fourth-order valence-corrected chi connectivity index (χ4v) is 2.63. The molecule has 0 aliphatic rings. The highest BCUT2D eigenvalue weighted by atomic mass is 35.5. The van der Waals surface area contributed by atoms with Crippen molar-refractivity contribution in [2.45, 2.75) is 32.8 Å². The quantitative estimate of drug-likeness (QED) is 0.867. The summed E-state index contributed by atoms with van der Waals surface area (Å²) in [6, 6.07) is 10.4. The van der Waals surface area contributed by atoms with E-state index in [-0.39, 0.29) is 10.6 Å². The number of halogens is 2. The molecule has 0 fully saturated rings. The van der Waals surface area contributed by atoms with Gasteiger partial charge in [0.2, 0.25) is 0 Å². The van der Waals surface area contributed by atoms with Crippen molar-refractivity contribution in [2.75, 3.05) is 0 Å². The number of benzene rings is 2. The molecule has 0 saturated heterocycles. The van der Waals surface area contributed by atoms with Gasteiger partial charge in [0.1, 0.15) is 11.9 Å². The Balaban J connectivity index is 2.55. The third-order valence-corrected chi connectivity index (χ3v) is 3.90. The summed E-state index contributed by atoms with van der Waals surface area (Å²) in [5.41, 5.74) is 3.01. The molecule has 0 spiro atoms. The molecule has 1 N–H and O–H groups in total. The molecule has 2 aromatic carbocycles. The molecule has 0 saturated carbocycles. The van der Waals surface area contributed by atoms with Crippen LogP contribution in [0.3, 0.4) is 0 Å². The maximum atomic E-state index is 14.0. The van der Waals surface area contributed by atoms with E-state index in [1.54, 1.807) is 6.07 Å². The summed E-state index contributed by atoms with van der Waals surface area (Å²) in [5, 5.41) is 10.8. The van der Waals surface area contributed by atoms with Crippen molar-refractivity contribution in [3.63, 3.8) is 0 Å². The monoisotopic (exact) mass is 292 g/mol. The molecule has 1 unspecified atom stereocenters. The Morgan fingerprint density at radius 2 is 1.90 bits per heavy atom. The van der Waals surface area contributed by atoms with Crippen LogP contribution in [0, 0.1) is 5.82 Å². The fraction of sp³-hybridized carbons (Fsp3) is 0.294. The first-order chi connectivity index (χ1) is 9.58. The van der Waals surface area contributed by atoms with Crippen LogP contribution in [-0.2, 0) is 12.8 Å². The van der Waals surface area contributed by atoms with Crippen LogP contribution in [0.25, 0.3) is 0 Å². The van der Waals surface area contributed by atoms with Crippen molar-refractivity contribution in [2.24, 2.45) is 0 Å². The summed E-state index contributed by atoms with van der Waals surface area (Å²) >= 11 is 6.04. The Labute approximate surface area is 124 Å². The molecule has 3 heteroatoms. The van der Waals surface area contributed by atoms with E-state index < -0.39 is 11.9 Å². The van der Waals surface area contributed by atoms with Gasteiger partial charge in [0.05, 0.1) is 0 Å². The van der Waals surface area contributed by atoms with Crippen LogP contribution in [0.2, 0.25) is 5.02 Å². The molecule has 0 aliphatic heterocycles. The molecule has 0 heterocycles. The van der Waals surface area contributed by atoms with Crippen LogP contribution in [0.1, 0.15) is 42.2 Å². The van der Waals surface area contributed by atoms with Gasteiger partial charge in [0.25, 0.3) is 0 Å². The second-order valence-corrected chi connectivity index (χ2v) is 5.19. The lowest BCUT2D eigenvalue weighted by Gasteiger charge is -2.18. The van der Waals surface area contributed by atoms with E-state index in [1.165, 1.54) is 12.1 Å². The Hall–Kier alpha value is -1.38. The van der Waals surface area contributed by atoms with Gasteiger partial charge in [-0.15, -0.1) is 0 Å². The minimum absolute atomic E-state index is 0.150. The van der Waals surface area contributed by atoms with E-state index in [9.17, 15) is 9.50 Å². The predicted molar refractivity (Wildman–Crippen MR) is 80.7 cm³/mol. The first-order valence-corrected chi connectivity index (χ1v) is 7.19. The topological polar surface area (TPSA) is 20.2 Å². The van der Waals surface area contributed by atoms with Crippen LogP contribution in [0.5, 0.6) is 0 Å².